The summed E-state index contributed by atoms with van der Waals surface area (Å²) in [7, 11) is 1.65. The van der Waals surface area contributed by atoms with Crippen LogP contribution in [0.15, 0.2) is 66.9 Å². The third kappa shape index (κ3) is 4.52. The standard InChI is InChI=1S/C23H20N4O2S/c1-15(28)14-21-26-27-23(30-21)17-5-9-18(10-6-17)25-22-20(4-3-13-24-22)16-7-11-19(29-2)12-8-16/h3-13H,14H2,1-2H3,(H,24,25). The Labute approximate surface area is 178 Å². The number of pyridine rings is 1. The van der Waals surface area contributed by atoms with Gasteiger partial charge in [0.2, 0.25) is 0 Å². The number of ether oxygens (including phenoxy) is 1. The summed E-state index contributed by atoms with van der Waals surface area (Å²) >= 11 is 1.44. The molecule has 0 bridgehead atoms. The van der Waals surface area contributed by atoms with Crippen LogP contribution in [0, 0.1) is 0 Å². The van der Waals surface area contributed by atoms with Crippen molar-refractivity contribution in [1.29, 1.82) is 0 Å². The molecular formula is C23H20N4O2S. The third-order valence-electron chi connectivity index (χ3n) is 4.47. The summed E-state index contributed by atoms with van der Waals surface area (Å²) in [4.78, 5) is 15.8. The topological polar surface area (TPSA) is 77.0 Å². The lowest BCUT2D eigenvalue weighted by Crippen LogP contribution is -1.96. The summed E-state index contributed by atoms with van der Waals surface area (Å²) in [6.07, 6.45) is 2.09. The van der Waals surface area contributed by atoms with Crippen LogP contribution < -0.4 is 10.1 Å². The van der Waals surface area contributed by atoms with Gasteiger partial charge in [-0.1, -0.05) is 23.5 Å². The van der Waals surface area contributed by atoms with Crippen molar-refractivity contribution in [3.05, 3.63) is 71.9 Å². The number of nitrogens with one attached hydrogen (secondary N) is 1. The number of hydrogen-bond donors (Lipinski definition) is 1. The molecule has 0 aliphatic heterocycles. The second-order valence-electron chi connectivity index (χ2n) is 6.71. The minimum Gasteiger partial charge on any atom is -0.497 e. The first-order chi connectivity index (χ1) is 14.6. The van der Waals surface area contributed by atoms with Crippen molar-refractivity contribution in [2.75, 3.05) is 12.4 Å². The van der Waals surface area contributed by atoms with Crippen LogP contribution in [0.1, 0.15) is 11.9 Å². The van der Waals surface area contributed by atoms with Gasteiger partial charge in [0.1, 0.15) is 27.4 Å². The van der Waals surface area contributed by atoms with Crippen molar-refractivity contribution < 1.29 is 9.53 Å². The van der Waals surface area contributed by atoms with E-state index in [-0.39, 0.29) is 5.78 Å². The molecule has 7 heteroatoms. The van der Waals surface area contributed by atoms with Crippen molar-refractivity contribution in [2.24, 2.45) is 0 Å². The molecule has 150 valence electrons. The van der Waals surface area contributed by atoms with Crippen molar-refractivity contribution in [2.45, 2.75) is 13.3 Å². The number of rotatable bonds is 7. The molecule has 0 saturated heterocycles. The molecule has 0 saturated carbocycles. The number of carbonyl (C=O) groups is 1. The first-order valence-corrected chi connectivity index (χ1v) is 10.2. The minimum absolute atomic E-state index is 0.0836. The van der Waals surface area contributed by atoms with Crippen molar-refractivity contribution in [3.63, 3.8) is 0 Å². The second kappa shape index (κ2) is 8.84. The van der Waals surface area contributed by atoms with Crippen LogP contribution in [0.2, 0.25) is 0 Å². The summed E-state index contributed by atoms with van der Waals surface area (Å²) in [5, 5.41) is 13.2. The van der Waals surface area contributed by atoms with Crippen molar-refractivity contribution in [3.8, 4) is 27.4 Å². The summed E-state index contributed by atoms with van der Waals surface area (Å²) in [6, 6.07) is 19.8. The van der Waals surface area contributed by atoms with Crippen molar-refractivity contribution in [1.82, 2.24) is 15.2 Å². The number of aromatic nitrogens is 3. The Morgan fingerprint density at radius 1 is 1.00 bits per heavy atom. The number of anilines is 2. The molecule has 0 radical (unpaired) electrons. The number of hydrogen-bond acceptors (Lipinski definition) is 7. The van der Waals surface area contributed by atoms with E-state index in [4.69, 9.17) is 4.74 Å². The highest BCUT2D eigenvalue weighted by Crippen LogP contribution is 2.31. The number of methoxy groups -OCH3 is 1. The number of nitrogens with zero attached hydrogens (tertiary/aromatic N) is 3. The van der Waals surface area contributed by atoms with Gasteiger partial charge in [-0.15, -0.1) is 10.2 Å². The summed E-state index contributed by atoms with van der Waals surface area (Å²) < 4.78 is 5.24. The van der Waals surface area contributed by atoms with Crippen molar-refractivity contribution >= 4 is 28.6 Å². The van der Waals surface area contributed by atoms with Crippen LogP contribution in [0.25, 0.3) is 21.7 Å². The highest BCUT2D eigenvalue weighted by atomic mass is 32.1. The molecule has 2 aromatic heterocycles. The number of carbonyl (C=O) groups excluding carboxylic acids is 1. The number of benzene rings is 2. The predicted molar refractivity (Wildman–Crippen MR) is 119 cm³/mol. The maximum Gasteiger partial charge on any atom is 0.147 e. The molecular weight excluding hydrogens is 396 g/mol. The Hall–Kier alpha value is -3.58. The average Bonchev–Trinajstić information content (AvgIpc) is 3.22. The smallest absolute Gasteiger partial charge is 0.147 e. The molecule has 0 spiro atoms. The van der Waals surface area contributed by atoms with Gasteiger partial charge in [-0.25, -0.2) is 4.98 Å². The van der Waals surface area contributed by atoms with Gasteiger partial charge in [0.25, 0.3) is 0 Å². The molecule has 6 nitrogen and oxygen atoms in total. The first kappa shape index (κ1) is 19.7. The fourth-order valence-corrected chi connectivity index (χ4v) is 3.91. The largest absolute Gasteiger partial charge is 0.497 e. The van der Waals surface area contributed by atoms with Gasteiger partial charge in [-0.2, -0.15) is 0 Å². The van der Waals surface area contributed by atoms with E-state index in [1.807, 2.05) is 60.7 Å². The molecule has 1 N–H and O–H groups in total. The predicted octanol–water partition coefficient (Wildman–Crippen LogP) is 5.15. The lowest BCUT2D eigenvalue weighted by Gasteiger charge is -2.12. The Bertz CT molecular complexity index is 1150. The second-order valence-corrected chi connectivity index (χ2v) is 7.77. The summed E-state index contributed by atoms with van der Waals surface area (Å²) in [5.74, 6) is 1.67. The highest BCUT2D eigenvalue weighted by molar-refractivity contribution is 7.14. The van der Waals surface area contributed by atoms with E-state index in [2.05, 4.69) is 20.5 Å². The van der Waals surface area contributed by atoms with Gasteiger partial charge in [0, 0.05) is 23.0 Å². The molecule has 2 aromatic carbocycles. The van der Waals surface area contributed by atoms with Gasteiger partial charge in [0.15, 0.2) is 0 Å². The molecule has 4 aromatic rings. The molecule has 0 aliphatic rings. The van der Waals surface area contributed by atoms with Crippen LogP contribution in [0.3, 0.4) is 0 Å². The minimum atomic E-state index is 0.0836. The van der Waals surface area contributed by atoms with Crippen LogP contribution in [0.4, 0.5) is 11.5 Å². The van der Waals surface area contributed by atoms with E-state index >= 15 is 0 Å². The maximum absolute atomic E-state index is 11.3. The van der Waals surface area contributed by atoms with E-state index in [0.717, 1.165) is 44.0 Å². The fraction of sp³-hybridized carbons (Fsp3) is 0.130. The van der Waals surface area contributed by atoms with E-state index in [0.29, 0.717) is 6.42 Å². The lowest BCUT2D eigenvalue weighted by atomic mass is 10.1. The van der Waals surface area contributed by atoms with E-state index in [9.17, 15) is 4.79 Å². The monoisotopic (exact) mass is 416 g/mol. The highest BCUT2D eigenvalue weighted by Gasteiger charge is 2.10. The SMILES string of the molecule is COc1ccc(-c2cccnc2Nc2ccc(-c3nnc(CC(C)=O)s3)cc2)cc1. The zero-order chi connectivity index (χ0) is 20.9. The molecule has 2 heterocycles. The molecule has 0 unspecified atom stereocenters. The molecule has 4 rings (SSSR count). The Morgan fingerprint density at radius 3 is 2.43 bits per heavy atom. The zero-order valence-electron chi connectivity index (χ0n) is 16.6. The molecule has 0 aliphatic carbocycles. The van der Waals surface area contributed by atoms with Crippen LogP contribution in [-0.4, -0.2) is 28.1 Å². The van der Waals surface area contributed by atoms with Crippen LogP contribution in [-0.2, 0) is 11.2 Å². The maximum atomic E-state index is 11.3. The Kier molecular flexibility index (Phi) is 5.81. The van der Waals surface area contributed by atoms with Gasteiger partial charge in [0.05, 0.1) is 13.5 Å². The number of Topliss-reactive ketones (excluding diaryl/α,β-unsaturated/α-hetero) is 1. The van der Waals surface area contributed by atoms with Crippen LogP contribution >= 0.6 is 11.3 Å². The van der Waals surface area contributed by atoms with Gasteiger partial charge in [-0.3, -0.25) is 4.79 Å². The molecule has 30 heavy (non-hydrogen) atoms. The summed E-state index contributed by atoms with van der Waals surface area (Å²) in [5.41, 5.74) is 3.93. The van der Waals surface area contributed by atoms with E-state index in [1.165, 1.54) is 11.3 Å². The quantitative estimate of drug-likeness (QED) is 0.449. The first-order valence-electron chi connectivity index (χ1n) is 9.41. The Morgan fingerprint density at radius 2 is 1.73 bits per heavy atom. The third-order valence-corrected chi connectivity index (χ3v) is 5.44. The van der Waals surface area contributed by atoms with E-state index < -0.39 is 0 Å². The average molecular weight is 417 g/mol. The molecule has 0 amide bonds. The molecule has 0 atom stereocenters. The van der Waals surface area contributed by atoms with Gasteiger partial charge >= 0.3 is 0 Å². The molecule has 0 fully saturated rings. The zero-order valence-corrected chi connectivity index (χ0v) is 17.4. The van der Waals surface area contributed by atoms with Crippen LogP contribution in [0.5, 0.6) is 5.75 Å². The number of ketones is 1. The normalized spacial score (nSPS) is 10.6. The summed E-state index contributed by atoms with van der Waals surface area (Å²) in [6.45, 7) is 1.55. The van der Waals surface area contributed by atoms with Gasteiger partial charge in [-0.05, 0) is 61.0 Å². The van der Waals surface area contributed by atoms with Gasteiger partial charge < -0.3 is 10.1 Å². The van der Waals surface area contributed by atoms with E-state index in [1.54, 1.807) is 20.2 Å². The Balaban J connectivity index is 1.54. The lowest BCUT2D eigenvalue weighted by molar-refractivity contribution is -0.116. The fourth-order valence-electron chi connectivity index (χ4n) is 3.00.